The van der Waals surface area contributed by atoms with E-state index >= 15 is 0 Å². The molecule has 1 amide bonds. The van der Waals surface area contributed by atoms with Gasteiger partial charge in [0.05, 0.1) is 6.54 Å². The Morgan fingerprint density at radius 3 is 2.93 bits per heavy atom. The zero-order chi connectivity index (χ0) is 10.4. The lowest BCUT2D eigenvalue weighted by Gasteiger charge is -2.07. The molecule has 3 N–H and O–H groups in total. The number of carbonyl (C=O) groups is 1. The number of nitrogens with one attached hydrogen (secondary N) is 3. The van der Waals surface area contributed by atoms with Gasteiger partial charge in [0.1, 0.15) is 0 Å². The van der Waals surface area contributed by atoms with Crippen LogP contribution in [0.25, 0.3) is 0 Å². The van der Waals surface area contributed by atoms with Crippen LogP contribution in [0.1, 0.15) is 19.4 Å². The summed E-state index contributed by atoms with van der Waals surface area (Å²) in [6.45, 7) is 4.99. The number of rotatable bonds is 5. The molecule has 4 nitrogen and oxygen atoms in total. The first-order chi connectivity index (χ1) is 6.68. The minimum absolute atomic E-state index is 0.0277. The van der Waals surface area contributed by atoms with Gasteiger partial charge in [-0.2, -0.15) is 0 Å². The normalized spacial score (nSPS) is 10.5. The molecule has 0 fully saturated rings. The van der Waals surface area contributed by atoms with Crippen LogP contribution < -0.4 is 10.6 Å². The number of hydrogen-bond acceptors (Lipinski definition) is 2. The van der Waals surface area contributed by atoms with Gasteiger partial charge in [-0.3, -0.25) is 4.79 Å². The lowest BCUT2D eigenvalue weighted by molar-refractivity contribution is -0.120. The fraction of sp³-hybridized carbons (Fsp3) is 0.500. The van der Waals surface area contributed by atoms with Crippen molar-refractivity contribution in [2.24, 2.45) is 0 Å². The van der Waals surface area contributed by atoms with Crippen molar-refractivity contribution in [3.63, 3.8) is 0 Å². The van der Waals surface area contributed by atoms with Crippen molar-refractivity contribution in [3.05, 3.63) is 24.0 Å². The van der Waals surface area contributed by atoms with E-state index in [4.69, 9.17) is 0 Å². The van der Waals surface area contributed by atoms with Crippen molar-refractivity contribution in [3.8, 4) is 0 Å². The number of aromatic nitrogens is 1. The maximum atomic E-state index is 11.3. The van der Waals surface area contributed by atoms with Crippen molar-refractivity contribution >= 4 is 5.91 Å². The molecular weight excluding hydrogens is 178 g/mol. The molecule has 1 rings (SSSR count). The van der Waals surface area contributed by atoms with Gasteiger partial charge in [0.25, 0.3) is 0 Å². The maximum Gasteiger partial charge on any atom is 0.234 e. The number of hydrogen-bond donors (Lipinski definition) is 3. The van der Waals surface area contributed by atoms with Crippen molar-refractivity contribution < 1.29 is 4.79 Å². The van der Waals surface area contributed by atoms with E-state index in [0.29, 0.717) is 19.1 Å². The van der Waals surface area contributed by atoms with Crippen LogP contribution in [0.4, 0.5) is 0 Å². The highest BCUT2D eigenvalue weighted by molar-refractivity contribution is 5.77. The summed E-state index contributed by atoms with van der Waals surface area (Å²) in [5, 5.41) is 5.87. The summed E-state index contributed by atoms with van der Waals surface area (Å²) in [4.78, 5) is 14.2. The molecule has 0 aliphatic carbocycles. The SMILES string of the molecule is CC(C)NCC(=O)NCc1cc[nH]c1. The molecule has 0 bridgehead atoms. The van der Waals surface area contributed by atoms with E-state index in [1.54, 1.807) is 0 Å². The zero-order valence-corrected chi connectivity index (χ0v) is 8.63. The van der Waals surface area contributed by atoms with Crippen molar-refractivity contribution in [2.75, 3.05) is 6.54 Å². The Morgan fingerprint density at radius 2 is 2.36 bits per heavy atom. The molecule has 0 spiro atoms. The minimum atomic E-state index is 0.0277. The number of amides is 1. The molecule has 0 unspecified atom stereocenters. The summed E-state index contributed by atoms with van der Waals surface area (Å²) >= 11 is 0. The molecule has 0 aliphatic rings. The maximum absolute atomic E-state index is 11.3. The van der Waals surface area contributed by atoms with Crippen molar-refractivity contribution in [2.45, 2.75) is 26.4 Å². The zero-order valence-electron chi connectivity index (χ0n) is 8.63. The van der Waals surface area contributed by atoms with Gasteiger partial charge in [0.15, 0.2) is 0 Å². The molecule has 0 saturated heterocycles. The predicted octanol–water partition coefficient (Wildman–Crippen LogP) is 0.629. The highest BCUT2D eigenvalue weighted by atomic mass is 16.1. The van der Waals surface area contributed by atoms with Gasteiger partial charge in [0, 0.05) is 25.0 Å². The minimum Gasteiger partial charge on any atom is -0.367 e. The number of carbonyl (C=O) groups excluding carboxylic acids is 1. The summed E-state index contributed by atoms with van der Waals surface area (Å²) < 4.78 is 0. The van der Waals surface area contributed by atoms with Gasteiger partial charge in [0.2, 0.25) is 5.91 Å². The molecule has 0 aromatic carbocycles. The van der Waals surface area contributed by atoms with Gasteiger partial charge in [-0.1, -0.05) is 13.8 Å². The van der Waals surface area contributed by atoms with E-state index < -0.39 is 0 Å². The van der Waals surface area contributed by atoms with Gasteiger partial charge in [-0.05, 0) is 11.6 Å². The smallest absolute Gasteiger partial charge is 0.234 e. The largest absolute Gasteiger partial charge is 0.367 e. The third-order valence-electron chi connectivity index (χ3n) is 1.82. The molecule has 78 valence electrons. The van der Waals surface area contributed by atoms with Crippen molar-refractivity contribution in [1.29, 1.82) is 0 Å². The lowest BCUT2D eigenvalue weighted by atomic mass is 10.3. The quantitative estimate of drug-likeness (QED) is 0.645. The van der Waals surface area contributed by atoms with Crippen molar-refractivity contribution in [1.82, 2.24) is 15.6 Å². The Bertz CT molecular complexity index is 267. The van der Waals surface area contributed by atoms with Gasteiger partial charge >= 0.3 is 0 Å². The molecule has 0 atom stereocenters. The third kappa shape index (κ3) is 4.09. The molecule has 1 aromatic heterocycles. The summed E-state index contributed by atoms with van der Waals surface area (Å²) in [5.74, 6) is 0.0277. The average Bonchev–Trinajstić information content (AvgIpc) is 2.63. The topological polar surface area (TPSA) is 56.9 Å². The van der Waals surface area contributed by atoms with Crippen LogP contribution in [0, 0.1) is 0 Å². The van der Waals surface area contributed by atoms with Gasteiger partial charge in [-0.25, -0.2) is 0 Å². The summed E-state index contributed by atoms with van der Waals surface area (Å²) in [6, 6.07) is 2.28. The van der Waals surface area contributed by atoms with E-state index in [2.05, 4.69) is 15.6 Å². The Kier molecular flexibility index (Phi) is 4.19. The first-order valence-electron chi connectivity index (χ1n) is 4.80. The third-order valence-corrected chi connectivity index (χ3v) is 1.82. The van der Waals surface area contributed by atoms with Crippen LogP contribution in [0.5, 0.6) is 0 Å². The lowest BCUT2D eigenvalue weighted by Crippen LogP contribution is -2.36. The van der Waals surface area contributed by atoms with Crippen LogP contribution in [0.2, 0.25) is 0 Å². The molecule has 0 saturated carbocycles. The highest BCUT2D eigenvalue weighted by Crippen LogP contribution is 1.94. The Labute approximate surface area is 84.1 Å². The van der Waals surface area contributed by atoms with E-state index in [0.717, 1.165) is 5.56 Å². The molecule has 14 heavy (non-hydrogen) atoms. The van der Waals surface area contributed by atoms with Gasteiger partial charge in [-0.15, -0.1) is 0 Å². The summed E-state index contributed by atoms with van der Waals surface area (Å²) in [6.07, 6.45) is 3.71. The Balaban J connectivity index is 2.15. The van der Waals surface area contributed by atoms with Crippen LogP contribution in [-0.2, 0) is 11.3 Å². The highest BCUT2D eigenvalue weighted by Gasteiger charge is 2.01. The summed E-state index contributed by atoms with van der Waals surface area (Å²) in [7, 11) is 0. The summed E-state index contributed by atoms with van der Waals surface area (Å²) in [5.41, 5.74) is 1.09. The van der Waals surface area contributed by atoms with E-state index in [1.165, 1.54) is 0 Å². The molecule has 1 aromatic rings. The predicted molar refractivity (Wildman–Crippen MR) is 55.8 cm³/mol. The second-order valence-electron chi connectivity index (χ2n) is 3.53. The standard InChI is InChI=1S/C10H17N3O/c1-8(2)12-7-10(14)13-6-9-3-4-11-5-9/h3-5,8,11-12H,6-7H2,1-2H3,(H,13,14). The fourth-order valence-corrected chi connectivity index (χ4v) is 1.03. The van der Waals surface area contributed by atoms with Gasteiger partial charge < -0.3 is 15.6 Å². The average molecular weight is 195 g/mol. The fourth-order valence-electron chi connectivity index (χ4n) is 1.03. The van der Waals surface area contributed by atoms with E-state index in [9.17, 15) is 4.79 Å². The first-order valence-corrected chi connectivity index (χ1v) is 4.80. The second-order valence-corrected chi connectivity index (χ2v) is 3.53. The molecule has 1 heterocycles. The molecule has 0 aliphatic heterocycles. The first kappa shape index (κ1) is 10.8. The van der Waals surface area contributed by atoms with Crippen LogP contribution in [0.15, 0.2) is 18.5 Å². The Hall–Kier alpha value is -1.29. The molecule has 4 heteroatoms. The monoisotopic (exact) mass is 195 g/mol. The van der Waals surface area contributed by atoms with Crippen LogP contribution in [0.3, 0.4) is 0 Å². The Morgan fingerprint density at radius 1 is 1.57 bits per heavy atom. The number of H-pyrrole nitrogens is 1. The van der Waals surface area contributed by atoms with Crippen LogP contribution in [-0.4, -0.2) is 23.5 Å². The van der Waals surface area contributed by atoms with E-state index in [-0.39, 0.29) is 5.91 Å². The van der Waals surface area contributed by atoms with E-state index in [1.807, 2.05) is 32.3 Å². The second kappa shape index (κ2) is 5.44. The number of aromatic amines is 1. The molecular formula is C10H17N3O. The van der Waals surface area contributed by atoms with Crippen LogP contribution >= 0.6 is 0 Å². The molecule has 0 radical (unpaired) electrons.